The highest BCUT2D eigenvalue weighted by atomic mass is 79.9. The van der Waals surface area contributed by atoms with E-state index in [-0.39, 0.29) is 0 Å². The fraction of sp³-hybridized carbons (Fsp3) is 0.462. The van der Waals surface area contributed by atoms with Crippen molar-refractivity contribution in [2.24, 2.45) is 0 Å². The molecule has 0 radical (unpaired) electrons. The topological polar surface area (TPSA) is 29.3 Å². The van der Waals surface area contributed by atoms with E-state index in [1.165, 1.54) is 18.4 Å². The third-order valence-corrected chi connectivity index (χ3v) is 3.99. The molecule has 2 aromatic heterocycles. The monoisotopic (exact) mass is 293 g/mol. The maximum Gasteiger partial charge on any atom is 0.132 e. The highest BCUT2D eigenvalue weighted by molar-refractivity contribution is 9.10. The van der Waals surface area contributed by atoms with Crippen LogP contribution in [0.1, 0.15) is 24.2 Å². The van der Waals surface area contributed by atoms with Crippen molar-refractivity contribution in [1.82, 2.24) is 14.7 Å². The minimum Gasteiger partial charge on any atom is -0.314 e. The van der Waals surface area contributed by atoms with E-state index in [1.54, 1.807) is 0 Å². The molecule has 1 fully saturated rings. The molecule has 1 saturated heterocycles. The Labute approximate surface area is 109 Å². The van der Waals surface area contributed by atoms with E-state index in [1.807, 2.05) is 0 Å². The highest BCUT2D eigenvalue weighted by Gasteiger charge is 2.18. The Balaban J connectivity index is 2.00. The van der Waals surface area contributed by atoms with Crippen molar-refractivity contribution in [2.75, 3.05) is 6.54 Å². The van der Waals surface area contributed by atoms with Crippen molar-refractivity contribution in [3.63, 3.8) is 0 Å². The van der Waals surface area contributed by atoms with Crippen molar-refractivity contribution < 1.29 is 0 Å². The predicted molar refractivity (Wildman–Crippen MR) is 72.4 cm³/mol. The summed E-state index contributed by atoms with van der Waals surface area (Å²) in [5.74, 6) is 1.15. The molecule has 0 spiro atoms. The zero-order valence-electron chi connectivity index (χ0n) is 9.91. The molecule has 0 amide bonds. The molecular formula is C13H16BrN3. The van der Waals surface area contributed by atoms with Gasteiger partial charge in [0, 0.05) is 18.7 Å². The minimum atomic E-state index is 0.591. The van der Waals surface area contributed by atoms with Crippen LogP contribution in [0, 0.1) is 6.92 Å². The Morgan fingerprint density at radius 1 is 1.53 bits per heavy atom. The van der Waals surface area contributed by atoms with Crippen LogP contribution in [0.5, 0.6) is 0 Å². The molecule has 0 saturated carbocycles. The van der Waals surface area contributed by atoms with Gasteiger partial charge in [-0.3, -0.25) is 0 Å². The Kier molecular flexibility index (Phi) is 2.92. The van der Waals surface area contributed by atoms with Gasteiger partial charge in [-0.05, 0) is 53.9 Å². The minimum absolute atomic E-state index is 0.591. The zero-order chi connectivity index (χ0) is 11.8. The molecule has 3 rings (SSSR count). The van der Waals surface area contributed by atoms with Gasteiger partial charge >= 0.3 is 0 Å². The largest absolute Gasteiger partial charge is 0.314 e. The number of rotatable bonds is 2. The van der Waals surface area contributed by atoms with Gasteiger partial charge in [0.2, 0.25) is 0 Å². The maximum absolute atomic E-state index is 4.63. The Bertz CT molecular complexity index is 541. The quantitative estimate of drug-likeness (QED) is 0.922. The second-order valence-electron chi connectivity index (χ2n) is 4.78. The summed E-state index contributed by atoms with van der Waals surface area (Å²) in [5.41, 5.74) is 2.42. The van der Waals surface area contributed by atoms with Crippen molar-refractivity contribution in [2.45, 2.75) is 32.2 Å². The van der Waals surface area contributed by atoms with E-state index < -0.39 is 0 Å². The molecule has 0 aliphatic carbocycles. The molecule has 0 aromatic carbocycles. The standard InChI is InChI=1S/C13H16BrN3/c1-9-4-5-11-13(14)16-12(17(11)8-9)7-10-3-2-6-15-10/h4-5,8,10,15H,2-3,6-7H2,1H3. The van der Waals surface area contributed by atoms with Crippen LogP contribution < -0.4 is 5.32 Å². The van der Waals surface area contributed by atoms with Gasteiger partial charge < -0.3 is 9.72 Å². The van der Waals surface area contributed by atoms with Crippen molar-refractivity contribution in [3.8, 4) is 0 Å². The van der Waals surface area contributed by atoms with E-state index in [0.29, 0.717) is 6.04 Å². The van der Waals surface area contributed by atoms with E-state index >= 15 is 0 Å². The molecule has 2 aromatic rings. The van der Waals surface area contributed by atoms with Crippen LogP contribution in [0.15, 0.2) is 22.9 Å². The van der Waals surface area contributed by atoms with Gasteiger partial charge in [0.15, 0.2) is 0 Å². The van der Waals surface area contributed by atoms with Gasteiger partial charge in [0.25, 0.3) is 0 Å². The first-order valence-electron chi connectivity index (χ1n) is 6.10. The average molecular weight is 294 g/mol. The van der Waals surface area contributed by atoms with E-state index in [0.717, 1.165) is 28.9 Å². The molecule has 3 nitrogen and oxygen atoms in total. The number of hydrogen-bond acceptors (Lipinski definition) is 2. The van der Waals surface area contributed by atoms with Gasteiger partial charge in [-0.25, -0.2) is 4.98 Å². The Morgan fingerprint density at radius 3 is 3.18 bits per heavy atom. The number of imidazole rings is 1. The third kappa shape index (κ3) is 2.11. The first kappa shape index (κ1) is 11.2. The van der Waals surface area contributed by atoms with Gasteiger partial charge in [-0.1, -0.05) is 6.07 Å². The van der Waals surface area contributed by atoms with E-state index in [9.17, 15) is 0 Å². The van der Waals surface area contributed by atoms with Crippen LogP contribution in [-0.4, -0.2) is 22.0 Å². The molecule has 4 heteroatoms. The fourth-order valence-corrected chi connectivity index (χ4v) is 3.04. The van der Waals surface area contributed by atoms with Crippen LogP contribution >= 0.6 is 15.9 Å². The first-order chi connectivity index (χ1) is 8.24. The number of pyridine rings is 1. The van der Waals surface area contributed by atoms with Crippen LogP contribution in [0.25, 0.3) is 5.52 Å². The lowest BCUT2D eigenvalue weighted by Crippen LogP contribution is -2.24. The number of aromatic nitrogens is 2. The normalized spacial score (nSPS) is 20.2. The fourth-order valence-electron chi connectivity index (χ4n) is 2.51. The van der Waals surface area contributed by atoms with Crippen molar-refractivity contribution in [1.29, 1.82) is 0 Å². The summed E-state index contributed by atoms with van der Waals surface area (Å²) in [6.07, 6.45) is 5.72. The molecule has 90 valence electrons. The highest BCUT2D eigenvalue weighted by Crippen LogP contribution is 2.21. The van der Waals surface area contributed by atoms with Gasteiger partial charge in [-0.15, -0.1) is 0 Å². The second-order valence-corrected chi connectivity index (χ2v) is 5.53. The molecule has 1 atom stereocenters. The molecule has 3 heterocycles. The molecule has 17 heavy (non-hydrogen) atoms. The number of nitrogens with zero attached hydrogens (tertiary/aromatic N) is 2. The van der Waals surface area contributed by atoms with Gasteiger partial charge in [0.05, 0.1) is 5.52 Å². The van der Waals surface area contributed by atoms with Crippen LogP contribution in [0.3, 0.4) is 0 Å². The summed E-state index contributed by atoms with van der Waals surface area (Å²) >= 11 is 3.54. The SMILES string of the molecule is Cc1ccc2c(Br)nc(CC3CCCN3)n2c1. The van der Waals surface area contributed by atoms with Gasteiger partial charge in [-0.2, -0.15) is 0 Å². The van der Waals surface area contributed by atoms with E-state index in [4.69, 9.17) is 0 Å². The maximum atomic E-state index is 4.63. The zero-order valence-corrected chi connectivity index (χ0v) is 11.5. The lowest BCUT2D eigenvalue weighted by Gasteiger charge is -2.09. The summed E-state index contributed by atoms with van der Waals surface area (Å²) in [4.78, 5) is 4.63. The first-order valence-corrected chi connectivity index (χ1v) is 6.90. The number of aryl methyl sites for hydroxylation is 1. The second kappa shape index (κ2) is 4.42. The summed E-state index contributed by atoms with van der Waals surface area (Å²) in [5, 5.41) is 3.53. The lowest BCUT2D eigenvalue weighted by atomic mass is 10.1. The molecule has 1 unspecified atom stereocenters. The van der Waals surface area contributed by atoms with Crippen LogP contribution in [0.2, 0.25) is 0 Å². The van der Waals surface area contributed by atoms with E-state index in [2.05, 4.69) is 55.9 Å². The Morgan fingerprint density at radius 2 is 2.41 bits per heavy atom. The molecule has 1 aliphatic heterocycles. The summed E-state index contributed by atoms with van der Waals surface area (Å²) in [7, 11) is 0. The summed E-state index contributed by atoms with van der Waals surface area (Å²) < 4.78 is 3.16. The molecule has 0 bridgehead atoms. The number of fused-ring (bicyclic) bond motifs is 1. The van der Waals surface area contributed by atoms with Crippen molar-refractivity contribution >= 4 is 21.4 Å². The molecule has 1 aliphatic rings. The predicted octanol–water partition coefficient (Wildman–Crippen LogP) is 2.70. The van der Waals surface area contributed by atoms with Gasteiger partial charge in [0.1, 0.15) is 10.4 Å². The lowest BCUT2D eigenvalue weighted by molar-refractivity contribution is 0.584. The molecule has 1 N–H and O–H groups in total. The Hall–Kier alpha value is -0.870. The summed E-state index contributed by atoms with van der Waals surface area (Å²) in [6, 6.07) is 4.84. The van der Waals surface area contributed by atoms with Crippen molar-refractivity contribution in [3.05, 3.63) is 34.3 Å². The number of hydrogen-bond donors (Lipinski definition) is 1. The third-order valence-electron chi connectivity index (χ3n) is 3.40. The van der Waals surface area contributed by atoms with Crippen LogP contribution in [-0.2, 0) is 6.42 Å². The molecular weight excluding hydrogens is 278 g/mol. The number of halogens is 1. The average Bonchev–Trinajstić information content (AvgIpc) is 2.89. The summed E-state index contributed by atoms with van der Waals surface area (Å²) in [6.45, 7) is 3.26. The van der Waals surface area contributed by atoms with Crippen LogP contribution in [0.4, 0.5) is 0 Å². The smallest absolute Gasteiger partial charge is 0.132 e. The number of nitrogens with one attached hydrogen (secondary N) is 1.